The number of hydrogen-bond donors (Lipinski definition) is 3. The highest BCUT2D eigenvalue weighted by Gasteiger charge is 2.41. The van der Waals surface area contributed by atoms with Gasteiger partial charge in [-0.2, -0.15) is 0 Å². The molecule has 1 aliphatic heterocycles. The lowest BCUT2D eigenvalue weighted by Crippen LogP contribution is -2.40. The third kappa shape index (κ3) is 4.48. The van der Waals surface area contributed by atoms with Crippen molar-refractivity contribution in [3.63, 3.8) is 0 Å². The zero-order valence-corrected chi connectivity index (χ0v) is 21.7. The van der Waals surface area contributed by atoms with Crippen molar-refractivity contribution in [3.05, 3.63) is 70.4 Å². The van der Waals surface area contributed by atoms with Gasteiger partial charge in [0, 0.05) is 29.3 Å². The molecule has 1 saturated carbocycles. The summed E-state index contributed by atoms with van der Waals surface area (Å²) in [6.45, 7) is 5.63. The second kappa shape index (κ2) is 9.48. The first kappa shape index (κ1) is 24.7. The Kier molecular flexibility index (Phi) is 6.51. The smallest absolute Gasteiger partial charge is 0.251 e. The van der Waals surface area contributed by atoms with Crippen LogP contribution < -0.4 is 10.6 Å². The van der Waals surface area contributed by atoms with Gasteiger partial charge in [0.1, 0.15) is 5.82 Å². The minimum atomic E-state index is -3.38. The molecule has 2 atom stereocenters. The molecule has 0 spiro atoms. The Bertz CT molecular complexity index is 1370. The molecule has 0 saturated heterocycles. The van der Waals surface area contributed by atoms with Crippen molar-refractivity contribution < 1.29 is 18.3 Å². The van der Waals surface area contributed by atoms with Crippen LogP contribution in [0.25, 0.3) is 5.57 Å². The van der Waals surface area contributed by atoms with E-state index in [2.05, 4.69) is 21.7 Å². The van der Waals surface area contributed by atoms with E-state index in [0.717, 1.165) is 46.5 Å². The molecular formula is C28H33N3O4S. The number of anilines is 1. The number of amides is 1. The highest BCUT2D eigenvalue weighted by atomic mass is 32.2. The van der Waals surface area contributed by atoms with Crippen LogP contribution in [0, 0.1) is 6.92 Å². The van der Waals surface area contributed by atoms with E-state index < -0.39 is 9.84 Å². The van der Waals surface area contributed by atoms with Crippen molar-refractivity contribution in [2.45, 2.75) is 75.5 Å². The third-order valence-electron chi connectivity index (χ3n) is 7.72. The number of nitrogens with one attached hydrogen (secondary N) is 2. The Balaban J connectivity index is 1.58. The van der Waals surface area contributed by atoms with Crippen molar-refractivity contribution >= 4 is 27.1 Å². The molecule has 2 unspecified atom stereocenters. The van der Waals surface area contributed by atoms with Gasteiger partial charge in [0.15, 0.2) is 9.84 Å². The lowest BCUT2D eigenvalue weighted by Gasteiger charge is -2.32. The zero-order valence-electron chi connectivity index (χ0n) is 20.9. The highest BCUT2D eigenvalue weighted by molar-refractivity contribution is 7.91. The molecule has 3 aliphatic rings. The van der Waals surface area contributed by atoms with Crippen molar-refractivity contribution in [1.29, 1.82) is 0 Å². The fraction of sp³-hybridized carbons (Fsp3) is 0.429. The van der Waals surface area contributed by atoms with Crippen LogP contribution >= 0.6 is 0 Å². The summed E-state index contributed by atoms with van der Waals surface area (Å²) in [6, 6.07) is 9.03. The summed E-state index contributed by atoms with van der Waals surface area (Å²) in [4.78, 5) is 18.4. The Morgan fingerprint density at radius 2 is 1.92 bits per heavy atom. The average Bonchev–Trinajstić information content (AvgIpc) is 3.25. The fourth-order valence-electron chi connectivity index (χ4n) is 5.62. The summed E-state index contributed by atoms with van der Waals surface area (Å²) in [6.07, 6.45) is 6.36. The van der Waals surface area contributed by atoms with E-state index in [1.165, 1.54) is 0 Å². The van der Waals surface area contributed by atoms with E-state index in [1.807, 2.05) is 32.2 Å². The first-order valence-corrected chi connectivity index (χ1v) is 14.3. The lowest BCUT2D eigenvalue weighted by atomic mass is 9.75. The average molecular weight is 508 g/mol. The lowest BCUT2D eigenvalue weighted by molar-refractivity contribution is -0.118. The Labute approximate surface area is 212 Å². The molecule has 1 fully saturated rings. The van der Waals surface area contributed by atoms with Crippen molar-refractivity contribution in [2.24, 2.45) is 0 Å². The summed E-state index contributed by atoms with van der Waals surface area (Å²) < 4.78 is 25.3. The molecule has 8 heteroatoms. The molecule has 2 aromatic rings. The number of aryl methyl sites for hydroxylation is 1. The fourth-order valence-corrected chi connectivity index (χ4v) is 6.54. The predicted molar refractivity (Wildman–Crippen MR) is 140 cm³/mol. The van der Waals surface area contributed by atoms with Crippen LogP contribution in [0.1, 0.15) is 62.1 Å². The van der Waals surface area contributed by atoms with E-state index in [1.54, 1.807) is 25.1 Å². The van der Waals surface area contributed by atoms with Crippen LogP contribution in [-0.4, -0.2) is 48.4 Å². The van der Waals surface area contributed by atoms with Gasteiger partial charge < -0.3 is 15.7 Å². The van der Waals surface area contributed by atoms with Crippen molar-refractivity contribution in [2.75, 3.05) is 11.1 Å². The number of hydrogen-bond acceptors (Lipinski definition) is 6. The number of fused-ring (bicyclic) bond motifs is 3. The van der Waals surface area contributed by atoms with Gasteiger partial charge in [-0.15, -0.1) is 0 Å². The van der Waals surface area contributed by atoms with E-state index in [-0.39, 0.29) is 40.7 Å². The van der Waals surface area contributed by atoms with Crippen molar-refractivity contribution in [3.8, 4) is 0 Å². The van der Waals surface area contributed by atoms with Gasteiger partial charge in [0.25, 0.3) is 5.91 Å². The summed E-state index contributed by atoms with van der Waals surface area (Å²) in [5.74, 6) is 0.594. The van der Waals surface area contributed by atoms with E-state index in [9.17, 15) is 18.3 Å². The Morgan fingerprint density at radius 3 is 2.64 bits per heavy atom. The molecule has 5 rings (SSSR count). The number of carbonyl (C=O) groups is 1. The number of nitrogens with zero attached hydrogens (tertiary/aromatic N) is 1. The largest absolute Gasteiger partial charge is 0.393 e. The van der Waals surface area contributed by atoms with Crippen LogP contribution in [0.2, 0.25) is 0 Å². The van der Waals surface area contributed by atoms with Gasteiger partial charge in [-0.05, 0) is 80.0 Å². The maximum absolute atomic E-state index is 13.5. The molecule has 36 heavy (non-hydrogen) atoms. The quantitative estimate of drug-likeness (QED) is 0.567. The molecule has 3 N–H and O–H groups in total. The number of aliphatic hydroxyl groups is 1. The molecule has 1 aromatic carbocycles. The standard InChI is InChI=1S/C28H33N3O4S/c1-4-36(34,35)21-7-5-6-18(13-21)23-14-22(28(33)30-19-8-10-20(32)11-9-19)17(3)26-25(23)24-12-16(2)15-29-27(24)31-26/h5-7,12-15,19-20,25-26,32H,4,8-11H2,1-3H3,(H,29,31)(H,30,33). The molecule has 1 amide bonds. The number of aromatic nitrogens is 1. The Morgan fingerprint density at radius 1 is 1.17 bits per heavy atom. The molecule has 7 nitrogen and oxygen atoms in total. The van der Waals surface area contributed by atoms with Crippen LogP contribution in [0.3, 0.4) is 0 Å². The summed E-state index contributed by atoms with van der Waals surface area (Å²) in [5.41, 5.74) is 5.32. The number of benzene rings is 1. The summed E-state index contributed by atoms with van der Waals surface area (Å²) in [7, 11) is -3.38. The molecule has 2 heterocycles. The highest BCUT2D eigenvalue weighted by Crippen LogP contribution is 2.49. The molecule has 0 bridgehead atoms. The molecule has 1 aromatic heterocycles. The topological polar surface area (TPSA) is 108 Å². The minimum Gasteiger partial charge on any atom is -0.393 e. The maximum atomic E-state index is 13.5. The van der Waals surface area contributed by atoms with E-state index in [0.29, 0.717) is 18.4 Å². The van der Waals surface area contributed by atoms with Gasteiger partial charge >= 0.3 is 0 Å². The van der Waals surface area contributed by atoms with Gasteiger partial charge in [-0.25, -0.2) is 13.4 Å². The van der Waals surface area contributed by atoms with Gasteiger partial charge in [0.05, 0.1) is 22.8 Å². The maximum Gasteiger partial charge on any atom is 0.251 e. The molecule has 2 aliphatic carbocycles. The first-order valence-electron chi connectivity index (χ1n) is 12.7. The second-order valence-corrected chi connectivity index (χ2v) is 12.4. The van der Waals surface area contributed by atoms with Gasteiger partial charge in [-0.1, -0.05) is 25.1 Å². The number of aliphatic hydroxyl groups excluding tert-OH is 1. The third-order valence-corrected chi connectivity index (χ3v) is 9.46. The normalized spacial score (nSPS) is 25.5. The number of pyridine rings is 1. The first-order chi connectivity index (χ1) is 17.2. The number of carbonyl (C=O) groups excluding carboxylic acids is 1. The van der Waals surface area contributed by atoms with Crippen molar-refractivity contribution in [1.82, 2.24) is 10.3 Å². The number of rotatable bonds is 5. The molecular weight excluding hydrogens is 474 g/mol. The molecule has 190 valence electrons. The van der Waals surface area contributed by atoms with Gasteiger partial charge in [-0.3, -0.25) is 4.79 Å². The predicted octanol–water partition coefficient (Wildman–Crippen LogP) is 3.89. The van der Waals surface area contributed by atoms with Crippen LogP contribution in [0.5, 0.6) is 0 Å². The zero-order chi connectivity index (χ0) is 25.6. The second-order valence-electron chi connectivity index (χ2n) is 10.2. The Hall–Kier alpha value is -2.97. The van der Waals surface area contributed by atoms with Crippen LogP contribution in [0.4, 0.5) is 5.82 Å². The van der Waals surface area contributed by atoms with E-state index >= 15 is 0 Å². The van der Waals surface area contributed by atoms with Gasteiger partial charge in [0.2, 0.25) is 0 Å². The van der Waals surface area contributed by atoms with Crippen LogP contribution in [-0.2, 0) is 14.6 Å². The van der Waals surface area contributed by atoms with Crippen LogP contribution in [0.15, 0.2) is 58.6 Å². The minimum absolute atomic E-state index is 0.0256. The van der Waals surface area contributed by atoms with E-state index in [4.69, 9.17) is 0 Å². The molecule has 0 radical (unpaired) electrons. The summed E-state index contributed by atoms with van der Waals surface area (Å²) >= 11 is 0. The summed E-state index contributed by atoms with van der Waals surface area (Å²) in [5, 5.41) is 16.5. The monoisotopic (exact) mass is 507 g/mol. The SMILES string of the molecule is CCS(=O)(=O)c1cccc(C2=CC(C(=O)NC3CCC(O)CC3)=C(C)C3Nc4ncc(C)cc4C23)c1. The number of sulfone groups is 1.